The van der Waals surface area contributed by atoms with Crippen molar-refractivity contribution < 1.29 is 8.42 Å². The van der Waals surface area contributed by atoms with Gasteiger partial charge in [0.15, 0.2) is 4.21 Å². The van der Waals surface area contributed by atoms with Crippen LogP contribution in [-0.2, 0) is 10.0 Å². The monoisotopic (exact) mass is 279 g/mol. The molecule has 0 aromatic carbocycles. The minimum atomic E-state index is -3.56. The lowest BCUT2D eigenvalue weighted by molar-refractivity contribution is 0.574. The van der Waals surface area contributed by atoms with Crippen molar-refractivity contribution in [1.82, 2.24) is 9.71 Å². The first kappa shape index (κ1) is 13.5. The molecule has 0 aliphatic carbocycles. The second kappa shape index (κ2) is 5.17. The third-order valence-corrected chi connectivity index (χ3v) is 5.04. The first-order valence-corrected chi connectivity index (χ1v) is 7.31. The van der Waals surface area contributed by atoms with E-state index in [2.05, 4.69) is 9.71 Å². The van der Waals surface area contributed by atoms with Gasteiger partial charge in [-0.3, -0.25) is 0 Å². The molecule has 5 nitrogen and oxygen atoms in total. The van der Waals surface area contributed by atoms with Gasteiger partial charge in [0.25, 0.3) is 10.0 Å². The van der Waals surface area contributed by atoms with Gasteiger partial charge in [-0.2, -0.15) is 0 Å². The average Bonchev–Trinajstić information content (AvgIpc) is 2.61. The van der Waals surface area contributed by atoms with Gasteiger partial charge in [-0.15, -0.1) is 11.3 Å². The Morgan fingerprint density at radius 1 is 1.75 bits per heavy atom. The summed E-state index contributed by atoms with van der Waals surface area (Å²) in [6, 6.07) is -0.512. The van der Waals surface area contributed by atoms with E-state index in [4.69, 9.17) is 18.0 Å². The molecule has 0 spiro atoms. The molecule has 0 amide bonds. The highest BCUT2D eigenvalue weighted by Gasteiger charge is 2.22. The van der Waals surface area contributed by atoms with Gasteiger partial charge in [0, 0.05) is 0 Å². The van der Waals surface area contributed by atoms with Crippen molar-refractivity contribution in [2.75, 3.05) is 0 Å². The number of thiocarbonyl (C=S) groups is 1. The number of aromatic nitrogens is 1. The Bertz CT molecular complexity index is 480. The van der Waals surface area contributed by atoms with Gasteiger partial charge >= 0.3 is 0 Å². The van der Waals surface area contributed by atoms with E-state index in [1.165, 1.54) is 6.20 Å². The number of thiazole rings is 1. The maximum Gasteiger partial charge on any atom is 0.252 e. The second-order valence-corrected chi connectivity index (χ2v) is 6.83. The number of hydrogen-bond acceptors (Lipinski definition) is 5. The van der Waals surface area contributed by atoms with Gasteiger partial charge in [0.2, 0.25) is 0 Å². The van der Waals surface area contributed by atoms with Gasteiger partial charge in [-0.05, 0) is 13.3 Å². The lowest BCUT2D eigenvalue weighted by atomic mass is 10.2. The van der Waals surface area contributed by atoms with Crippen LogP contribution in [0.2, 0.25) is 0 Å². The van der Waals surface area contributed by atoms with E-state index in [-0.39, 0.29) is 9.20 Å². The Hall–Kier alpha value is -0.570. The fourth-order valence-electron chi connectivity index (χ4n) is 1.05. The first-order valence-electron chi connectivity index (χ1n) is 4.61. The minimum Gasteiger partial charge on any atom is -0.392 e. The molecule has 3 N–H and O–H groups in total. The second-order valence-electron chi connectivity index (χ2n) is 3.18. The Labute approximate surface area is 104 Å². The van der Waals surface area contributed by atoms with Crippen molar-refractivity contribution in [3.05, 3.63) is 11.2 Å². The smallest absolute Gasteiger partial charge is 0.252 e. The molecule has 1 heterocycles. The molecule has 0 radical (unpaired) electrons. The number of nitrogens with zero attached hydrogens (tertiary/aromatic N) is 1. The Morgan fingerprint density at radius 3 is 2.75 bits per heavy atom. The summed E-state index contributed by atoms with van der Waals surface area (Å²) in [6.07, 6.45) is 1.85. The summed E-state index contributed by atoms with van der Waals surface area (Å²) in [5, 5.41) is 0.698. The number of hydrogen-bond donors (Lipinski definition) is 2. The van der Waals surface area contributed by atoms with E-state index >= 15 is 0 Å². The summed E-state index contributed by atoms with van der Waals surface area (Å²) in [5.74, 6) is 0. The summed E-state index contributed by atoms with van der Waals surface area (Å²) in [5.41, 5.74) is 5.43. The van der Waals surface area contributed by atoms with E-state index in [1.807, 2.05) is 6.92 Å². The van der Waals surface area contributed by atoms with Crippen molar-refractivity contribution >= 4 is 38.6 Å². The van der Waals surface area contributed by atoms with Crippen molar-refractivity contribution in [3.63, 3.8) is 0 Å². The zero-order chi connectivity index (χ0) is 12.3. The Kier molecular flexibility index (Phi) is 4.36. The van der Waals surface area contributed by atoms with Gasteiger partial charge in [0.05, 0.1) is 22.2 Å². The van der Waals surface area contributed by atoms with Gasteiger partial charge in [-0.25, -0.2) is 18.1 Å². The zero-order valence-electron chi connectivity index (χ0n) is 8.93. The highest BCUT2D eigenvalue weighted by Crippen LogP contribution is 2.18. The minimum absolute atomic E-state index is 0.146. The highest BCUT2D eigenvalue weighted by molar-refractivity contribution is 7.91. The SMILES string of the molecule is CCC(NS(=O)(=O)c1cnc(C)s1)C(N)=S. The third kappa shape index (κ3) is 3.21. The van der Waals surface area contributed by atoms with Crippen LogP contribution in [0.5, 0.6) is 0 Å². The molecular formula is C8H13N3O2S3. The van der Waals surface area contributed by atoms with Crippen molar-refractivity contribution in [2.45, 2.75) is 30.5 Å². The topological polar surface area (TPSA) is 85.1 Å². The van der Waals surface area contributed by atoms with Crippen LogP contribution in [-0.4, -0.2) is 24.4 Å². The lowest BCUT2D eigenvalue weighted by Crippen LogP contribution is -2.42. The van der Waals surface area contributed by atoms with E-state index in [0.717, 1.165) is 11.3 Å². The van der Waals surface area contributed by atoms with Gasteiger partial charge in [0.1, 0.15) is 0 Å². The zero-order valence-corrected chi connectivity index (χ0v) is 11.4. The van der Waals surface area contributed by atoms with Crippen LogP contribution in [0.15, 0.2) is 10.4 Å². The lowest BCUT2D eigenvalue weighted by Gasteiger charge is -2.14. The van der Waals surface area contributed by atoms with E-state index in [0.29, 0.717) is 11.4 Å². The fourth-order valence-corrected chi connectivity index (χ4v) is 3.78. The van der Waals surface area contributed by atoms with Crippen LogP contribution >= 0.6 is 23.6 Å². The normalized spacial score (nSPS) is 13.6. The quantitative estimate of drug-likeness (QED) is 0.779. The summed E-state index contributed by atoms with van der Waals surface area (Å²) in [6.45, 7) is 3.55. The Balaban J connectivity index is 2.91. The summed E-state index contributed by atoms with van der Waals surface area (Å²) in [7, 11) is -3.56. The summed E-state index contributed by atoms with van der Waals surface area (Å²) in [4.78, 5) is 4.04. The van der Waals surface area contributed by atoms with Crippen molar-refractivity contribution in [3.8, 4) is 0 Å². The highest BCUT2D eigenvalue weighted by atomic mass is 32.2. The van der Waals surface area contributed by atoms with Gasteiger partial charge in [-0.1, -0.05) is 19.1 Å². The Morgan fingerprint density at radius 2 is 2.38 bits per heavy atom. The molecule has 0 saturated heterocycles. The number of sulfonamides is 1. The molecule has 1 atom stereocenters. The van der Waals surface area contributed by atoms with Crippen LogP contribution in [0.25, 0.3) is 0 Å². The number of nitrogens with one attached hydrogen (secondary N) is 1. The summed E-state index contributed by atoms with van der Waals surface area (Å²) >= 11 is 5.89. The van der Waals surface area contributed by atoms with Crippen LogP contribution < -0.4 is 10.5 Å². The molecule has 90 valence electrons. The number of nitrogens with two attached hydrogens (primary N) is 1. The maximum atomic E-state index is 11.9. The van der Waals surface area contributed by atoms with E-state index < -0.39 is 16.1 Å². The van der Waals surface area contributed by atoms with Crippen molar-refractivity contribution in [1.29, 1.82) is 0 Å². The third-order valence-electron chi connectivity index (χ3n) is 1.91. The largest absolute Gasteiger partial charge is 0.392 e. The van der Waals surface area contributed by atoms with Crippen LogP contribution in [0.1, 0.15) is 18.4 Å². The maximum absolute atomic E-state index is 11.9. The number of rotatable bonds is 5. The predicted octanol–water partition coefficient (Wildman–Crippen LogP) is 0.795. The molecule has 16 heavy (non-hydrogen) atoms. The van der Waals surface area contributed by atoms with Gasteiger partial charge < -0.3 is 5.73 Å². The fraction of sp³-hybridized carbons (Fsp3) is 0.500. The first-order chi connectivity index (χ1) is 7.36. The molecule has 8 heteroatoms. The molecule has 0 aliphatic rings. The molecule has 1 aromatic heterocycles. The number of aryl methyl sites for hydroxylation is 1. The predicted molar refractivity (Wildman–Crippen MR) is 68.0 cm³/mol. The molecule has 0 aliphatic heterocycles. The standard InChI is InChI=1S/C8H13N3O2S3/c1-3-6(8(9)14)11-16(12,13)7-4-10-5(2)15-7/h4,6,11H,3H2,1-2H3,(H2,9,14). The van der Waals surface area contributed by atoms with E-state index in [9.17, 15) is 8.42 Å². The average molecular weight is 279 g/mol. The summed E-state index contributed by atoms with van der Waals surface area (Å²) < 4.78 is 26.4. The van der Waals surface area contributed by atoms with Crippen LogP contribution in [0, 0.1) is 6.92 Å². The molecule has 0 bridgehead atoms. The van der Waals surface area contributed by atoms with E-state index in [1.54, 1.807) is 6.92 Å². The molecule has 1 rings (SSSR count). The molecular weight excluding hydrogens is 266 g/mol. The molecule has 1 unspecified atom stereocenters. The molecule has 1 aromatic rings. The van der Waals surface area contributed by atoms with Crippen LogP contribution in [0.4, 0.5) is 0 Å². The molecule has 0 fully saturated rings. The molecule has 0 saturated carbocycles. The van der Waals surface area contributed by atoms with Crippen molar-refractivity contribution in [2.24, 2.45) is 5.73 Å². The van der Waals surface area contributed by atoms with Crippen LogP contribution in [0.3, 0.4) is 0 Å².